The van der Waals surface area contributed by atoms with Crippen LogP contribution in [-0.4, -0.2) is 40.3 Å². The first-order valence-corrected chi connectivity index (χ1v) is 6.00. The van der Waals surface area contributed by atoms with Crippen molar-refractivity contribution in [2.45, 2.75) is 37.5 Å². The van der Waals surface area contributed by atoms with E-state index in [-0.39, 0.29) is 23.4 Å². The summed E-state index contributed by atoms with van der Waals surface area (Å²) in [5.74, 6) is 0.447. The van der Waals surface area contributed by atoms with E-state index in [1.54, 1.807) is 0 Å². The predicted octanol–water partition coefficient (Wildman–Crippen LogP) is 1.27. The van der Waals surface area contributed by atoms with Crippen LogP contribution >= 0.6 is 11.6 Å². The SMILES string of the molecule is COc1nc(Cl)nc(NC2CC3CCC2O3)n1. The first-order valence-electron chi connectivity index (χ1n) is 5.62. The van der Waals surface area contributed by atoms with Gasteiger partial charge in [0.1, 0.15) is 0 Å². The summed E-state index contributed by atoms with van der Waals surface area (Å²) >= 11 is 5.78. The highest BCUT2D eigenvalue weighted by atomic mass is 35.5. The highest BCUT2D eigenvalue weighted by Gasteiger charge is 2.41. The Labute approximate surface area is 104 Å². The van der Waals surface area contributed by atoms with Gasteiger partial charge < -0.3 is 14.8 Å². The highest BCUT2D eigenvalue weighted by Crippen LogP contribution is 2.35. The molecule has 2 bridgehead atoms. The number of fused-ring (bicyclic) bond motifs is 2. The fourth-order valence-corrected chi connectivity index (χ4v) is 2.60. The Balaban J connectivity index is 1.74. The molecule has 0 amide bonds. The molecule has 2 fully saturated rings. The average Bonchev–Trinajstić information content (AvgIpc) is 2.90. The molecule has 0 saturated carbocycles. The van der Waals surface area contributed by atoms with Crippen molar-refractivity contribution in [2.24, 2.45) is 0 Å². The summed E-state index contributed by atoms with van der Waals surface area (Å²) in [4.78, 5) is 12.0. The number of nitrogens with zero attached hydrogens (tertiary/aromatic N) is 3. The fourth-order valence-electron chi connectivity index (χ4n) is 2.44. The summed E-state index contributed by atoms with van der Waals surface area (Å²) in [6, 6.07) is 0.480. The predicted molar refractivity (Wildman–Crippen MR) is 61.3 cm³/mol. The molecule has 0 aliphatic carbocycles. The number of rotatable bonds is 3. The second kappa shape index (κ2) is 4.27. The van der Waals surface area contributed by atoms with Crippen LogP contribution in [-0.2, 0) is 4.74 Å². The molecule has 2 saturated heterocycles. The Morgan fingerprint density at radius 1 is 1.35 bits per heavy atom. The maximum atomic E-state index is 5.78. The Hall–Kier alpha value is -1.14. The van der Waals surface area contributed by atoms with Gasteiger partial charge >= 0.3 is 6.01 Å². The maximum absolute atomic E-state index is 5.78. The van der Waals surface area contributed by atoms with Gasteiger partial charge in [-0.15, -0.1) is 0 Å². The maximum Gasteiger partial charge on any atom is 0.322 e. The normalized spacial score (nSPS) is 30.6. The van der Waals surface area contributed by atoms with Gasteiger partial charge in [-0.2, -0.15) is 15.0 Å². The van der Waals surface area contributed by atoms with Crippen molar-refractivity contribution < 1.29 is 9.47 Å². The van der Waals surface area contributed by atoms with E-state index >= 15 is 0 Å². The molecule has 2 aliphatic heterocycles. The number of aromatic nitrogens is 3. The van der Waals surface area contributed by atoms with Gasteiger partial charge in [0.25, 0.3) is 0 Å². The van der Waals surface area contributed by atoms with E-state index in [2.05, 4.69) is 20.3 Å². The molecule has 17 heavy (non-hydrogen) atoms. The zero-order valence-electron chi connectivity index (χ0n) is 9.39. The Morgan fingerprint density at radius 3 is 2.88 bits per heavy atom. The number of hydrogen-bond acceptors (Lipinski definition) is 6. The van der Waals surface area contributed by atoms with Gasteiger partial charge in [0.15, 0.2) is 0 Å². The van der Waals surface area contributed by atoms with E-state index in [0.717, 1.165) is 19.3 Å². The summed E-state index contributed by atoms with van der Waals surface area (Å²) in [6.45, 7) is 0. The molecule has 6 nitrogen and oxygen atoms in total. The Bertz CT molecular complexity index is 431. The number of nitrogens with one attached hydrogen (secondary N) is 1. The van der Waals surface area contributed by atoms with Gasteiger partial charge in [-0.05, 0) is 30.9 Å². The molecule has 0 spiro atoms. The topological polar surface area (TPSA) is 69.2 Å². The lowest BCUT2D eigenvalue weighted by Crippen LogP contribution is -2.31. The van der Waals surface area contributed by atoms with Crippen molar-refractivity contribution in [2.75, 3.05) is 12.4 Å². The van der Waals surface area contributed by atoms with Gasteiger partial charge in [0.05, 0.1) is 25.4 Å². The van der Waals surface area contributed by atoms with Crippen molar-refractivity contribution in [1.29, 1.82) is 0 Å². The fraction of sp³-hybridized carbons (Fsp3) is 0.700. The summed E-state index contributed by atoms with van der Waals surface area (Å²) in [6.07, 6.45) is 3.90. The van der Waals surface area contributed by atoms with E-state index in [0.29, 0.717) is 12.1 Å². The molecule has 1 aromatic heterocycles. The third-order valence-electron chi connectivity index (χ3n) is 3.19. The van der Waals surface area contributed by atoms with Crippen LogP contribution in [0.2, 0.25) is 5.28 Å². The van der Waals surface area contributed by atoms with Gasteiger partial charge in [-0.25, -0.2) is 0 Å². The van der Waals surface area contributed by atoms with Crippen LogP contribution in [0.1, 0.15) is 19.3 Å². The van der Waals surface area contributed by atoms with Crippen LogP contribution < -0.4 is 10.1 Å². The molecule has 1 N–H and O–H groups in total. The first-order chi connectivity index (χ1) is 8.24. The van der Waals surface area contributed by atoms with Crippen LogP contribution in [0.3, 0.4) is 0 Å². The first kappa shape index (κ1) is 11.0. The Morgan fingerprint density at radius 2 is 2.24 bits per heavy atom. The van der Waals surface area contributed by atoms with Crippen LogP contribution in [0, 0.1) is 0 Å². The van der Waals surface area contributed by atoms with Crippen molar-refractivity contribution in [3.8, 4) is 6.01 Å². The van der Waals surface area contributed by atoms with E-state index in [1.165, 1.54) is 7.11 Å². The van der Waals surface area contributed by atoms with E-state index in [4.69, 9.17) is 21.1 Å². The monoisotopic (exact) mass is 256 g/mol. The van der Waals surface area contributed by atoms with Gasteiger partial charge in [0, 0.05) is 0 Å². The molecule has 0 aromatic carbocycles. The number of halogens is 1. The minimum Gasteiger partial charge on any atom is -0.467 e. The highest BCUT2D eigenvalue weighted by molar-refractivity contribution is 6.28. The van der Waals surface area contributed by atoms with Crippen molar-refractivity contribution in [3.05, 3.63) is 5.28 Å². The standard InChI is InChI=1S/C10H13ClN4O2/c1-16-10-14-8(11)13-9(15-10)12-6-4-5-2-3-7(6)17-5/h5-7H,2-4H2,1H3,(H,12,13,14,15). The molecule has 3 unspecified atom stereocenters. The van der Waals surface area contributed by atoms with Crippen LogP contribution in [0.25, 0.3) is 0 Å². The molecule has 3 rings (SSSR count). The van der Waals surface area contributed by atoms with Gasteiger partial charge in [-0.1, -0.05) is 0 Å². The lowest BCUT2D eigenvalue weighted by molar-refractivity contribution is 0.102. The molecule has 3 heterocycles. The van der Waals surface area contributed by atoms with Gasteiger partial charge in [-0.3, -0.25) is 0 Å². The number of ether oxygens (including phenoxy) is 2. The zero-order valence-corrected chi connectivity index (χ0v) is 10.1. The largest absolute Gasteiger partial charge is 0.467 e. The second-order valence-electron chi connectivity index (χ2n) is 4.28. The third-order valence-corrected chi connectivity index (χ3v) is 3.36. The van der Waals surface area contributed by atoms with E-state index < -0.39 is 0 Å². The molecular weight excluding hydrogens is 244 g/mol. The molecular formula is C10H13ClN4O2. The number of methoxy groups -OCH3 is 1. The van der Waals surface area contributed by atoms with Crippen LogP contribution in [0.4, 0.5) is 5.95 Å². The zero-order chi connectivity index (χ0) is 11.8. The minimum absolute atomic E-state index is 0.128. The summed E-state index contributed by atoms with van der Waals surface area (Å²) in [5, 5.41) is 3.36. The lowest BCUT2D eigenvalue weighted by Gasteiger charge is -2.19. The smallest absolute Gasteiger partial charge is 0.322 e. The van der Waals surface area contributed by atoms with E-state index in [9.17, 15) is 0 Å². The third kappa shape index (κ3) is 2.14. The molecule has 2 aliphatic rings. The van der Waals surface area contributed by atoms with Gasteiger partial charge in [0.2, 0.25) is 11.2 Å². The average molecular weight is 257 g/mol. The number of hydrogen-bond donors (Lipinski definition) is 1. The molecule has 7 heteroatoms. The van der Waals surface area contributed by atoms with Crippen LogP contribution in [0.5, 0.6) is 6.01 Å². The summed E-state index contributed by atoms with van der Waals surface area (Å²) < 4.78 is 10.7. The molecule has 1 aromatic rings. The van der Waals surface area contributed by atoms with Crippen molar-refractivity contribution >= 4 is 17.5 Å². The summed E-state index contributed by atoms with van der Waals surface area (Å²) in [5.41, 5.74) is 0. The van der Waals surface area contributed by atoms with Crippen molar-refractivity contribution in [3.63, 3.8) is 0 Å². The lowest BCUT2D eigenvalue weighted by atomic mass is 9.96. The second-order valence-corrected chi connectivity index (χ2v) is 4.61. The van der Waals surface area contributed by atoms with E-state index in [1.807, 2.05) is 0 Å². The minimum atomic E-state index is 0.128. The quantitative estimate of drug-likeness (QED) is 0.878. The van der Waals surface area contributed by atoms with Crippen LogP contribution in [0.15, 0.2) is 0 Å². The Kier molecular flexibility index (Phi) is 2.76. The molecule has 92 valence electrons. The number of anilines is 1. The molecule has 3 atom stereocenters. The molecule has 0 radical (unpaired) electrons. The summed E-state index contributed by atoms with van der Waals surface area (Å²) in [7, 11) is 1.50. The van der Waals surface area contributed by atoms with Crippen molar-refractivity contribution in [1.82, 2.24) is 15.0 Å².